The molecule has 1 unspecified atom stereocenters. The summed E-state index contributed by atoms with van der Waals surface area (Å²) < 4.78 is 26.5. The zero-order chi connectivity index (χ0) is 13.1. The molecule has 1 aromatic heterocycles. The van der Waals surface area contributed by atoms with Crippen LogP contribution in [-0.4, -0.2) is 37.7 Å². The minimum atomic E-state index is -3.49. The monoisotopic (exact) mass is 295 g/mol. The van der Waals surface area contributed by atoms with Crippen molar-refractivity contribution in [3.8, 4) is 0 Å². The van der Waals surface area contributed by atoms with Crippen LogP contribution >= 0.6 is 23.1 Å². The van der Waals surface area contributed by atoms with E-state index in [1.807, 2.05) is 13.2 Å². The minimum Gasteiger partial charge on any atom is -0.388 e. The Hall–Kier alpha value is -0.0800. The van der Waals surface area contributed by atoms with Crippen molar-refractivity contribution in [2.75, 3.05) is 18.6 Å². The molecule has 0 aliphatic carbocycles. The van der Waals surface area contributed by atoms with Crippen LogP contribution in [0.15, 0.2) is 16.3 Å². The molecular weight excluding hydrogens is 278 g/mol. The van der Waals surface area contributed by atoms with Gasteiger partial charge in [0.1, 0.15) is 4.21 Å². The molecule has 1 aromatic rings. The van der Waals surface area contributed by atoms with Gasteiger partial charge >= 0.3 is 0 Å². The van der Waals surface area contributed by atoms with Gasteiger partial charge in [-0.2, -0.15) is 11.8 Å². The van der Waals surface area contributed by atoms with Crippen molar-refractivity contribution in [3.05, 3.63) is 17.0 Å². The van der Waals surface area contributed by atoms with Crippen molar-refractivity contribution < 1.29 is 13.5 Å². The Kier molecular flexibility index (Phi) is 5.03. The Bertz CT molecular complexity index is 465. The fourth-order valence-electron chi connectivity index (χ4n) is 1.24. The molecule has 0 bridgehead atoms. The summed E-state index contributed by atoms with van der Waals surface area (Å²) in [6.07, 6.45) is 1.87. The lowest BCUT2D eigenvalue weighted by Crippen LogP contribution is -2.42. The van der Waals surface area contributed by atoms with Crippen LogP contribution in [0.5, 0.6) is 0 Å². The van der Waals surface area contributed by atoms with Crippen LogP contribution in [0.4, 0.5) is 0 Å². The number of hydrogen-bond acceptors (Lipinski definition) is 5. The van der Waals surface area contributed by atoms with E-state index in [0.717, 1.165) is 4.88 Å². The van der Waals surface area contributed by atoms with E-state index in [9.17, 15) is 13.5 Å². The van der Waals surface area contributed by atoms with Crippen molar-refractivity contribution in [1.29, 1.82) is 0 Å². The second-order valence-corrected chi connectivity index (χ2v) is 8.27. The van der Waals surface area contributed by atoms with Gasteiger partial charge in [-0.25, -0.2) is 13.1 Å². The molecule has 0 aromatic carbocycles. The molecule has 17 heavy (non-hydrogen) atoms. The van der Waals surface area contributed by atoms with Gasteiger partial charge in [-0.1, -0.05) is 0 Å². The first-order chi connectivity index (χ1) is 7.77. The van der Waals surface area contributed by atoms with Crippen molar-refractivity contribution in [2.24, 2.45) is 0 Å². The average Bonchev–Trinajstić information content (AvgIpc) is 2.63. The number of thiophene rings is 1. The summed E-state index contributed by atoms with van der Waals surface area (Å²) in [5.41, 5.74) is -1.03. The highest BCUT2D eigenvalue weighted by atomic mass is 32.2. The topological polar surface area (TPSA) is 66.4 Å². The third-order valence-electron chi connectivity index (χ3n) is 2.08. The molecule has 1 rings (SSSR count). The van der Waals surface area contributed by atoms with Crippen molar-refractivity contribution in [2.45, 2.75) is 23.7 Å². The lowest BCUT2D eigenvalue weighted by atomic mass is 10.1. The molecule has 0 aliphatic heterocycles. The number of thioether (sulfide) groups is 1. The average molecular weight is 295 g/mol. The fourth-order valence-corrected chi connectivity index (χ4v) is 4.45. The second kappa shape index (κ2) is 5.71. The second-order valence-electron chi connectivity index (χ2n) is 4.12. The zero-order valence-corrected chi connectivity index (χ0v) is 12.5. The molecule has 0 spiro atoms. The van der Waals surface area contributed by atoms with E-state index in [-0.39, 0.29) is 10.8 Å². The van der Waals surface area contributed by atoms with Crippen LogP contribution in [-0.2, 0) is 10.0 Å². The number of sulfonamides is 1. The Balaban J connectivity index is 2.69. The van der Waals surface area contributed by atoms with Gasteiger partial charge in [-0.3, -0.25) is 0 Å². The summed E-state index contributed by atoms with van der Waals surface area (Å²) in [4.78, 5) is 0.946. The third-order valence-corrected chi connectivity index (χ3v) is 5.88. The molecule has 0 amide bonds. The highest BCUT2D eigenvalue weighted by Crippen LogP contribution is 2.20. The number of rotatable bonds is 6. The molecule has 0 saturated carbocycles. The molecule has 0 fully saturated rings. The predicted molar refractivity (Wildman–Crippen MR) is 73.3 cm³/mol. The van der Waals surface area contributed by atoms with Crippen LogP contribution in [0.1, 0.15) is 11.8 Å². The van der Waals surface area contributed by atoms with Crippen LogP contribution in [0, 0.1) is 6.92 Å². The molecular formula is C10H17NO3S3. The summed E-state index contributed by atoms with van der Waals surface area (Å²) in [5, 5.41) is 9.89. The molecule has 0 saturated heterocycles. The smallest absolute Gasteiger partial charge is 0.250 e. The van der Waals surface area contributed by atoms with Gasteiger partial charge < -0.3 is 5.11 Å². The highest BCUT2D eigenvalue weighted by molar-refractivity contribution is 7.98. The van der Waals surface area contributed by atoms with Gasteiger partial charge in [0.25, 0.3) is 0 Å². The summed E-state index contributed by atoms with van der Waals surface area (Å²) in [5.74, 6) is 0.485. The molecule has 0 radical (unpaired) electrons. The van der Waals surface area contributed by atoms with Gasteiger partial charge in [0.15, 0.2) is 0 Å². The van der Waals surface area contributed by atoms with Gasteiger partial charge in [0, 0.05) is 17.2 Å². The Labute approximate surface area is 110 Å². The summed E-state index contributed by atoms with van der Waals surface area (Å²) in [7, 11) is -3.49. The normalized spacial score (nSPS) is 15.8. The van der Waals surface area contributed by atoms with E-state index in [1.165, 1.54) is 23.1 Å². The summed E-state index contributed by atoms with van der Waals surface area (Å²) in [6.45, 7) is 3.49. The first-order valence-corrected chi connectivity index (χ1v) is 8.74. The number of aryl methyl sites for hydroxylation is 1. The zero-order valence-electron chi connectivity index (χ0n) is 10.1. The van der Waals surface area contributed by atoms with E-state index in [2.05, 4.69) is 4.72 Å². The maximum atomic E-state index is 11.9. The molecule has 7 heteroatoms. The fraction of sp³-hybridized carbons (Fsp3) is 0.600. The lowest BCUT2D eigenvalue weighted by Gasteiger charge is -2.22. The van der Waals surface area contributed by atoms with E-state index in [0.29, 0.717) is 5.75 Å². The minimum absolute atomic E-state index is 0.0210. The SMILES string of the molecule is CSCC(C)(O)CNS(=O)(=O)c1ccc(C)s1. The molecule has 0 aliphatic rings. The van der Waals surface area contributed by atoms with Gasteiger partial charge in [0.2, 0.25) is 10.0 Å². The van der Waals surface area contributed by atoms with E-state index < -0.39 is 15.6 Å². The number of aliphatic hydroxyl groups is 1. The van der Waals surface area contributed by atoms with Gasteiger partial charge in [-0.15, -0.1) is 11.3 Å². The first kappa shape index (κ1) is 15.0. The molecule has 98 valence electrons. The quantitative estimate of drug-likeness (QED) is 0.833. The number of nitrogens with one attached hydrogen (secondary N) is 1. The van der Waals surface area contributed by atoms with E-state index in [4.69, 9.17) is 0 Å². The van der Waals surface area contributed by atoms with Crippen LogP contribution in [0.25, 0.3) is 0 Å². The van der Waals surface area contributed by atoms with Crippen LogP contribution in [0.2, 0.25) is 0 Å². The van der Waals surface area contributed by atoms with Gasteiger partial charge in [-0.05, 0) is 32.2 Å². The first-order valence-electron chi connectivity index (χ1n) is 5.04. The molecule has 1 heterocycles. The Morgan fingerprint density at radius 3 is 2.65 bits per heavy atom. The van der Waals surface area contributed by atoms with Crippen molar-refractivity contribution in [1.82, 2.24) is 4.72 Å². The van der Waals surface area contributed by atoms with Gasteiger partial charge in [0.05, 0.1) is 5.60 Å². The summed E-state index contributed by atoms with van der Waals surface area (Å²) >= 11 is 2.70. The summed E-state index contributed by atoms with van der Waals surface area (Å²) in [6, 6.07) is 3.34. The third kappa shape index (κ3) is 4.59. The largest absolute Gasteiger partial charge is 0.388 e. The standard InChI is InChI=1S/C10H17NO3S3/c1-8-4-5-9(16-8)17(13,14)11-6-10(2,12)7-15-3/h4-5,11-12H,6-7H2,1-3H3. The molecule has 4 nitrogen and oxygen atoms in total. The molecule has 1 atom stereocenters. The van der Waals surface area contributed by atoms with E-state index in [1.54, 1.807) is 19.1 Å². The predicted octanol–water partition coefficient (Wildman–Crippen LogP) is 1.45. The Morgan fingerprint density at radius 1 is 1.53 bits per heavy atom. The lowest BCUT2D eigenvalue weighted by molar-refractivity contribution is 0.0909. The molecule has 2 N–H and O–H groups in total. The van der Waals surface area contributed by atoms with Crippen molar-refractivity contribution >= 4 is 33.1 Å². The highest BCUT2D eigenvalue weighted by Gasteiger charge is 2.24. The van der Waals surface area contributed by atoms with Crippen molar-refractivity contribution in [3.63, 3.8) is 0 Å². The maximum absolute atomic E-state index is 11.9. The van der Waals surface area contributed by atoms with E-state index >= 15 is 0 Å². The number of hydrogen-bond donors (Lipinski definition) is 2. The maximum Gasteiger partial charge on any atom is 0.250 e. The Morgan fingerprint density at radius 2 is 2.18 bits per heavy atom. The van der Waals surface area contributed by atoms with Crippen LogP contribution < -0.4 is 4.72 Å². The van der Waals surface area contributed by atoms with Crippen LogP contribution in [0.3, 0.4) is 0 Å².